The number of unbranched alkanes of at least 4 members (excludes halogenated alkanes) is 8. The molecule has 0 aliphatic heterocycles. The Bertz CT molecular complexity index is 155. The van der Waals surface area contributed by atoms with Gasteiger partial charge in [-0.2, -0.15) is 0 Å². The van der Waals surface area contributed by atoms with Crippen molar-refractivity contribution < 1.29 is 9.84 Å². The van der Waals surface area contributed by atoms with Crippen LogP contribution < -0.4 is 0 Å². The van der Waals surface area contributed by atoms with Gasteiger partial charge in [0.05, 0.1) is 13.2 Å². The summed E-state index contributed by atoms with van der Waals surface area (Å²) in [5.41, 5.74) is 0. The van der Waals surface area contributed by atoms with Crippen LogP contribution in [0, 0.1) is 0 Å². The molecule has 0 bridgehead atoms. The van der Waals surface area contributed by atoms with Crippen molar-refractivity contribution in [2.45, 2.75) is 64.7 Å². The van der Waals surface area contributed by atoms with Gasteiger partial charge in [0.25, 0.3) is 0 Å². The standard InChI is InChI=1S/C15H30O2/c1-2-3-4-5-6-7-8-9-11-14-17-15-12-10-13-16/h10,12,16H,2-9,11,13-15H2,1H3/b12-10-. The van der Waals surface area contributed by atoms with Crippen molar-refractivity contribution >= 4 is 0 Å². The average Bonchev–Trinajstić information content (AvgIpc) is 2.35. The first kappa shape index (κ1) is 16.7. The quantitative estimate of drug-likeness (QED) is 0.389. The van der Waals surface area contributed by atoms with Gasteiger partial charge in [0.15, 0.2) is 0 Å². The van der Waals surface area contributed by atoms with Crippen LogP contribution in [-0.2, 0) is 4.74 Å². The fraction of sp³-hybridized carbons (Fsp3) is 0.867. The maximum atomic E-state index is 8.50. The lowest BCUT2D eigenvalue weighted by Crippen LogP contribution is -1.94. The SMILES string of the molecule is CCCCCCCCCCCOC/C=C\CO. The minimum atomic E-state index is 0.112. The molecule has 0 aliphatic rings. The topological polar surface area (TPSA) is 29.5 Å². The smallest absolute Gasteiger partial charge is 0.0648 e. The molecule has 0 rings (SSSR count). The van der Waals surface area contributed by atoms with Crippen LogP contribution in [0.2, 0.25) is 0 Å². The number of aliphatic hydroxyl groups excluding tert-OH is 1. The molecule has 0 fully saturated rings. The third-order valence-electron chi connectivity index (χ3n) is 2.88. The molecular weight excluding hydrogens is 212 g/mol. The molecule has 17 heavy (non-hydrogen) atoms. The summed E-state index contributed by atoms with van der Waals surface area (Å²) in [6, 6.07) is 0. The second-order valence-electron chi connectivity index (χ2n) is 4.56. The molecule has 0 unspecified atom stereocenters. The Morgan fingerprint density at radius 3 is 2.00 bits per heavy atom. The molecule has 1 N–H and O–H groups in total. The number of hydrogen-bond donors (Lipinski definition) is 1. The predicted octanol–water partition coefficient (Wildman–Crippen LogP) is 4.08. The van der Waals surface area contributed by atoms with Crippen LogP contribution in [0.4, 0.5) is 0 Å². The molecule has 0 aromatic rings. The van der Waals surface area contributed by atoms with Crippen LogP contribution in [0.25, 0.3) is 0 Å². The molecule has 0 saturated heterocycles. The summed E-state index contributed by atoms with van der Waals surface area (Å²) >= 11 is 0. The summed E-state index contributed by atoms with van der Waals surface area (Å²) in [6.45, 7) is 3.86. The van der Waals surface area contributed by atoms with Crippen LogP contribution in [0.15, 0.2) is 12.2 Å². The molecule has 0 aliphatic carbocycles. The normalized spacial score (nSPS) is 11.4. The maximum absolute atomic E-state index is 8.50. The number of hydrogen-bond acceptors (Lipinski definition) is 2. The van der Waals surface area contributed by atoms with E-state index in [0.717, 1.165) is 6.61 Å². The zero-order valence-corrected chi connectivity index (χ0v) is 11.5. The highest BCUT2D eigenvalue weighted by Crippen LogP contribution is 2.09. The molecule has 2 heteroatoms. The van der Waals surface area contributed by atoms with Crippen LogP contribution in [-0.4, -0.2) is 24.9 Å². The van der Waals surface area contributed by atoms with Crippen LogP contribution in [0.5, 0.6) is 0 Å². The van der Waals surface area contributed by atoms with Crippen molar-refractivity contribution in [1.29, 1.82) is 0 Å². The lowest BCUT2D eigenvalue weighted by molar-refractivity contribution is 0.156. The number of rotatable bonds is 13. The van der Waals surface area contributed by atoms with Crippen molar-refractivity contribution in [3.63, 3.8) is 0 Å². The van der Waals surface area contributed by atoms with Gasteiger partial charge in [-0.15, -0.1) is 0 Å². The minimum Gasteiger partial charge on any atom is -0.392 e. The molecular formula is C15H30O2. The van der Waals surface area contributed by atoms with E-state index < -0.39 is 0 Å². The summed E-state index contributed by atoms with van der Waals surface area (Å²) in [7, 11) is 0. The average molecular weight is 242 g/mol. The Morgan fingerprint density at radius 2 is 1.41 bits per heavy atom. The van der Waals surface area contributed by atoms with Gasteiger partial charge in [-0.3, -0.25) is 0 Å². The first-order chi connectivity index (χ1) is 8.41. The second-order valence-corrected chi connectivity index (χ2v) is 4.56. The van der Waals surface area contributed by atoms with Crippen molar-refractivity contribution in [1.82, 2.24) is 0 Å². The molecule has 102 valence electrons. The van der Waals surface area contributed by atoms with E-state index in [0.29, 0.717) is 6.61 Å². The van der Waals surface area contributed by atoms with Gasteiger partial charge in [-0.25, -0.2) is 0 Å². The summed E-state index contributed by atoms with van der Waals surface area (Å²) in [5, 5.41) is 8.50. The Labute approximate surface area is 107 Å². The molecule has 0 heterocycles. The minimum absolute atomic E-state index is 0.112. The van der Waals surface area contributed by atoms with E-state index in [2.05, 4.69) is 6.92 Å². The number of ether oxygens (including phenoxy) is 1. The zero-order chi connectivity index (χ0) is 12.6. The van der Waals surface area contributed by atoms with Crippen LogP contribution in [0.1, 0.15) is 64.7 Å². The van der Waals surface area contributed by atoms with E-state index in [1.807, 2.05) is 6.08 Å². The van der Waals surface area contributed by atoms with Crippen molar-refractivity contribution in [3.05, 3.63) is 12.2 Å². The van der Waals surface area contributed by atoms with Gasteiger partial charge < -0.3 is 9.84 Å². The highest BCUT2D eigenvalue weighted by atomic mass is 16.5. The molecule has 0 saturated carbocycles. The Balaban J connectivity index is 2.91. The van der Waals surface area contributed by atoms with Crippen LogP contribution in [0.3, 0.4) is 0 Å². The molecule has 0 aromatic carbocycles. The molecule has 0 amide bonds. The van der Waals surface area contributed by atoms with E-state index >= 15 is 0 Å². The van der Waals surface area contributed by atoms with Gasteiger partial charge in [-0.05, 0) is 6.42 Å². The van der Waals surface area contributed by atoms with E-state index in [4.69, 9.17) is 9.84 Å². The highest BCUT2D eigenvalue weighted by Gasteiger charge is 1.92. The van der Waals surface area contributed by atoms with Gasteiger partial charge in [0.1, 0.15) is 0 Å². The predicted molar refractivity (Wildman–Crippen MR) is 74.3 cm³/mol. The summed E-state index contributed by atoms with van der Waals surface area (Å²) in [4.78, 5) is 0. The monoisotopic (exact) mass is 242 g/mol. The van der Waals surface area contributed by atoms with Crippen LogP contribution >= 0.6 is 0 Å². The fourth-order valence-electron chi connectivity index (χ4n) is 1.81. The van der Waals surface area contributed by atoms with Crippen molar-refractivity contribution in [3.8, 4) is 0 Å². The Kier molecular flexibility index (Phi) is 15.3. The third kappa shape index (κ3) is 15.7. The molecule has 0 aromatic heterocycles. The van der Waals surface area contributed by atoms with Gasteiger partial charge in [-0.1, -0.05) is 70.4 Å². The fourth-order valence-corrected chi connectivity index (χ4v) is 1.81. The summed E-state index contributed by atoms with van der Waals surface area (Å²) in [5.74, 6) is 0. The van der Waals surface area contributed by atoms with Gasteiger partial charge in [0, 0.05) is 6.61 Å². The largest absolute Gasteiger partial charge is 0.392 e. The lowest BCUT2D eigenvalue weighted by atomic mass is 10.1. The zero-order valence-electron chi connectivity index (χ0n) is 11.5. The first-order valence-electron chi connectivity index (χ1n) is 7.25. The summed E-state index contributed by atoms with van der Waals surface area (Å²) in [6.07, 6.45) is 15.7. The molecule has 0 atom stereocenters. The third-order valence-corrected chi connectivity index (χ3v) is 2.88. The maximum Gasteiger partial charge on any atom is 0.0648 e. The highest BCUT2D eigenvalue weighted by molar-refractivity contribution is 4.80. The first-order valence-corrected chi connectivity index (χ1v) is 7.25. The van der Waals surface area contributed by atoms with Crippen molar-refractivity contribution in [2.75, 3.05) is 19.8 Å². The number of aliphatic hydroxyl groups is 1. The van der Waals surface area contributed by atoms with E-state index in [1.54, 1.807) is 6.08 Å². The lowest BCUT2D eigenvalue weighted by Gasteiger charge is -2.02. The molecule has 2 nitrogen and oxygen atoms in total. The Morgan fingerprint density at radius 1 is 0.824 bits per heavy atom. The van der Waals surface area contributed by atoms with E-state index in [9.17, 15) is 0 Å². The molecule has 0 spiro atoms. The van der Waals surface area contributed by atoms with Gasteiger partial charge in [0.2, 0.25) is 0 Å². The van der Waals surface area contributed by atoms with Gasteiger partial charge >= 0.3 is 0 Å². The second kappa shape index (κ2) is 15.7. The molecule has 0 radical (unpaired) electrons. The Hall–Kier alpha value is -0.340. The van der Waals surface area contributed by atoms with E-state index in [1.165, 1.54) is 57.8 Å². The summed E-state index contributed by atoms with van der Waals surface area (Å²) < 4.78 is 5.40. The van der Waals surface area contributed by atoms with E-state index in [-0.39, 0.29) is 6.61 Å². The van der Waals surface area contributed by atoms with Crippen molar-refractivity contribution in [2.24, 2.45) is 0 Å².